The molecule has 0 aromatic heterocycles. The third kappa shape index (κ3) is 2.02. The van der Waals surface area contributed by atoms with Gasteiger partial charge < -0.3 is 0 Å². The van der Waals surface area contributed by atoms with Gasteiger partial charge in [-0.15, -0.1) is 8.78 Å². The van der Waals surface area contributed by atoms with E-state index >= 15 is 0 Å². The highest BCUT2D eigenvalue weighted by Gasteiger charge is 2.69. The molecule has 0 aliphatic rings. The minimum Gasteiger partial charge on any atom is -0.174 e. The predicted molar refractivity (Wildman–Crippen MR) is 23.8 cm³/mol. The second-order valence-corrected chi connectivity index (χ2v) is 2.25. The molecule has 0 spiro atoms. The van der Waals surface area contributed by atoms with E-state index in [1.165, 1.54) is 0 Å². The summed E-state index contributed by atoms with van der Waals surface area (Å²) in [6, 6.07) is 0. The Hall–Kier alpha value is 0.0300. The highest BCUT2D eigenvalue weighted by molar-refractivity contribution is 7.67. The van der Waals surface area contributed by atoms with Crippen molar-refractivity contribution in [3.63, 3.8) is 0 Å². The molecule has 0 atom stereocenters. The number of hydrogen-bond donors (Lipinski definition) is 0. The standard InChI is InChI=1S/C2ClF4OS/c3-1(4,5)2(6,7)9-8/q+1. The first kappa shape index (κ1) is 9.03. The van der Waals surface area contributed by atoms with Gasteiger partial charge in [0.2, 0.25) is 0 Å². The summed E-state index contributed by atoms with van der Waals surface area (Å²) in [5.74, 6) is 0. The van der Waals surface area contributed by atoms with E-state index in [-0.39, 0.29) is 0 Å². The summed E-state index contributed by atoms with van der Waals surface area (Å²) in [5, 5.41) is -9.49. The van der Waals surface area contributed by atoms with E-state index < -0.39 is 22.3 Å². The third-order valence-corrected chi connectivity index (χ3v) is 1.25. The molecule has 0 saturated heterocycles. The first-order valence-corrected chi connectivity index (χ1v) is 2.69. The lowest BCUT2D eigenvalue weighted by Gasteiger charge is -2.02. The van der Waals surface area contributed by atoms with Crippen LogP contribution >= 0.6 is 11.6 Å². The van der Waals surface area contributed by atoms with Crippen LogP contribution in [0.3, 0.4) is 0 Å². The molecular formula is C2ClF4OS+. The molecule has 7 heteroatoms. The van der Waals surface area contributed by atoms with Crippen LogP contribution in [0.1, 0.15) is 0 Å². The molecule has 0 amide bonds. The highest BCUT2D eigenvalue weighted by Crippen LogP contribution is 2.36. The molecule has 54 valence electrons. The topological polar surface area (TPSA) is 17.1 Å². The lowest BCUT2D eigenvalue weighted by molar-refractivity contribution is -0.0916. The molecule has 0 N–H and O–H groups in total. The number of alkyl halides is 5. The van der Waals surface area contributed by atoms with Crippen molar-refractivity contribution in [2.45, 2.75) is 10.6 Å². The molecule has 0 bridgehead atoms. The highest BCUT2D eigenvalue weighted by atomic mass is 35.5. The minimum atomic E-state index is -4.76. The van der Waals surface area contributed by atoms with Gasteiger partial charge in [-0.3, -0.25) is 0 Å². The Morgan fingerprint density at radius 1 is 1.22 bits per heavy atom. The van der Waals surface area contributed by atoms with Gasteiger partial charge in [0.1, 0.15) is 0 Å². The van der Waals surface area contributed by atoms with Gasteiger partial charge in [0.05, 0.1) is 0 Å². The lowest BCUT2D eigenvalue weighted by atomic mass is 10.7. The van der Waals surface area contributed by atoms with E-state index in [0.29, 0.717) is 0 Å². The van der Waals surface area contributed by atoms with E-state index in [9.17, 15) is 21.8 Å². The van der Waals surface area contributed by atoms with E-state index in [0.717, 1.165) is 0 Å². The molecule has 0 aromatic carbocycles. The van der Waals surface area contributed by atoms with Crippen molar-refractivity contribution in [3.8, 4) is 0 Å². The van der Waals surface area contributed by atoms with Gasteiger partial charge in [-0.25, -0.2) is 0 Å². The van der Waals surface area contributed by atoms with Crippen molar-refractivity contribution in [2.75, 3.05) is 0 Å². The van der Waals surface area contributed by atoms with E-state index in [1.54, 1.807) is 0 Å². The molecular weight excluding hydrogens is 184 g/mol. The first-order valence-electron chi connectivity index (χ1n) is 1.57. The number of hydrogen-bond acceptors (Lipinski definition) is 1. The van der Waals surface area contributed by atoms with Crippen molar-refractivity contribution < 1.29 is 21.8 Å². The summed E-state index contributed by atoms with van der Waals surface area (Å²) in [6.07, 6.45) is 0. The van der Waals surface area contributed by atoms with Crippen LogP contribution in [0.15, 0.2) is 0 Å². The molecule has 0 aromatic rings. The Morgan fingerprint density at radius 2 is 1.56 bits per heavy atom. The van der Waals surface area contributed by atoms with Gasteiger partial charge in [0.15, 0.2) is 0 Å². The Balaban J connectivity index is 4.32. The normalized spacial score (nSPS) is 13.4. The lowest BCUT2D eigenvalue weighted by Crippen LogP contribution is -2.33. The van der Waals surface area contributed by atoms with Gasteiger partial charge >= 0.3 is 22.3 Å². The van der Waals surface area contributed by atoms with Gasteiger partial charge in [0, 0.05) is 4.21 Å². The van der Waals surface area contributed by atoms with E-state index in [2.05, 4.69) is 11.6 Å². The second-order valence-electron chi connectivity index (χ2n) is 1.10. The van der Waals surface area contributed by atoms with Crippen LogP contribution in [0.25, 0.3) is 0 Å². The minimum absolute atomic E-state index is 1.53. The molecule has 0 rings (SSSR count). The monoisotopic (exact) mass is 183 g/mol. The van der Waals surface area contributed by atoms with Crippen molar-refractivity contribution in [1.82, 2.24) is 0 Å². The summed E-state index contributed by atoms with van der Waals surface area (Å²) in [5.41, 5.74) is 0. The van der Waals surface area contributed by atoms with Gasteiger partial charge in [-0.05, 0) is 11.6 Å². The molecule has 0 aliphatic heterocycles. The molecule has 1 nitrogen and oxygen atoms in total. The summed E-state index contributed by atoms with van der Waals surface area (Å²) >= 11 is 2.29. The zero-order chi connectivity index (χ0) is 7.71. The van der Waals surface area contributed by atoms with Crippen molar-refractivity contribution >= 4 is 23.3 Å². The van der Waals surface area contributed by atoms with Crippen LogP contribution in [0.5, 0.6) is 0 Å². The molecule has 0 fully saturated rings. The van der Waals surface area contributed by atoms with Crippen LogP contribution in [0.2, 0.25) is 0 Å². The zero-order valence-electron chi connectivity index (χ0n) is 3.71. The smallest absolute Gasteiger partial charge is 0.174 e. The van der Waals surface area contributed by atoms with E-state index in [1.807, 2.05) is 0 Å². The molecule has 0 aliphatic carbocycles. The van der Waals surface area contributed by atoms with Crippen molar-refractivity contribution in [1.29, 1.82) is 0 Å². The van der Waals surface area contributed by atoms with Crippen molar-refractivity contribution in [3.05, 3.63) is 0 Å². The SMILES string of the molecule is O=[S+]C(F)(F)C(F)(F)Cl. The molecule has 0 unspecified atom stereocenters. The molecule has 9 heavy (non-hydrogen) atoms. The van der Waals surface area contributed by atoms with E-state index in [4.69, 9.17) is 0 Å². The maximum atomic E-state index is 11.4. The van der Waals surface area contributed by atoms with Crippen LogP contribution in [-0.2, 0) is 15.9 Å². The first-order chi connectivity index (χ1) is 3.81. The molecule has 0 saturated carbocycles. The quantitative estimate of drug-likeness (QED) is 0.363. The average molecular weight is 184 g/mol. The second kappa shape index (κ2) is 2.34. The Bertz CT molecular complexity index is 120. The maximum Gasteiger partial charge on any atom is 0.609 e. The fourth-order valence-corrected chi connectivity index (χ4v) is 0.236. The Labute approximate surface area is 56.5 Å². The molecule has 0 heterocycles. The molecule has 0 radical (unpaired) electrons. The summed E-state index contributed by atoms with van der Waals surface area (Å²) in [6.45, 7) is 0. The Kier molecular flexibility index (Phi) is 2.35. The zero-order valence-corrected chi connectivity index (χ0v) is 5.28. The van der Waals surface area contributed by atoms with Crippen LogP contribution in [0.4, 0.5) is 17.6 Å². The largest absolute Gasteiger partial charge is 0.609 e. The summed E-state index contributed by atoms with van der Waals surface area (Å²) in [4.78, 5) is 0. The number of halogens is 5. The van der Waals surface area contributed by atoms with Crippen LogP contribution in [0, 0.1) is 0 Å². The van der Waals surface area contributed by atoms with Gasteiger partial charge in [-0.1, -0.05) is 0 Å². The van der Waals surface area contributed by atoms with Gasteiger partial charge in [-0.2, -0.15) is 8.78 Å². The summed E-state index contributed by atoms with van der Waals surface area (Å²) < 4.78 is 54.6. The third-order valence-electron chi connectivity index (χ3n) is 0.435. The van der Waals surface area contributed by atoms with Crippen LogP contribution in [-0.4, -0.2) is 10.6 Å². The van der Waals surface area contributed by atoms with Crippen molar-refractivity contribution in [2.24, 2.45) is 0 Å². The van der Waals surface area contributed by atoms with Gasteiger partial charge in [0.25, 0.3) is 0 Å². The Morgan fingerprint density at radius 3 is 1.56 bits per heavy atom. The maximum absolute atomic E-state index is 11.4. The predicted octanol–water partition coefficient (Wildman–Crippen LogP) is 1.84. The number of rotatable bonds is 2. The fraction of sp³-hybridized carbons (Fsp3) is 1.00. The van der Waals surface area contributed by atoms with Crippen LogP contribution < -0.4 is 0 Å². The summed E-state index contributed by atoms with van der Waals surface area (Å²) in [7, 11) is 0. The average Bonchev–Trinajstić information content (AvgIpc) is 1.64. The fourth-order valence-electron chi connectivity index (χ4n) is 0.0472.